The number of esters is 4. The summed E-state index contributed by atoms with van der Waals surface area (Å²) in [6, 6.07) is 0. The van der Waals surface area contributed by atoms with Crippen molar-refractivity contribution in [1.29, 1.82) is 0 Å². The van der Waals surface area contributed by atoms with Gasteiger partial charge < -0.3 is 33.8 Å². The molecule has 104 heavy (non-hydrogen) atoms. The second-order valence-electron chi connectivity index (χ2n) is 26.6. The smallest absolute Gasteiger partial charge is 0.462 e. The normalized spacial score (nSPS) is 14.6. The summed E-state index contributed by atoms with van der Waals surface area (Å²) in [7, 11) is -9.97. The third-order valence-corrected chi connectivity index (χ3v) is 18.5. The van der Waals surface area contributed by atoms with Crippen LogP contribution in [0.5, 0.6) is 0 Å². The van der Waals surface area contributed by atoms with Crippen LogP contribution in [0.4, 0.5) is 0 Å². The monoisotopic (exact) mass is 1500 g/mol. The highest BCUT2D eigenvalue weighted by molar-refractivity contribution is 7.47. The van der Waals surface area contributed by atoms with Crippen LogP contribution in [0.25, 0.3) is 0 Å². The Morgan fingerprint density at radius 3 is 0.817 bits per heavy atom. The van der Waals surface area contributed by atoms with Gasteiger partial charge in [0.25, 0.3) is 0 Å². The minimum atomic E-state index is -4.99. The number of allylic oxidation sites excluding steroid dienone is 22. The van der Waals surface area contributed by atoms with Crippen LogP contribution in [0.15, 0.2) is 134 Å². The Morgan fingerprint density at radius 1 is 0.279 bits per heavy atom. The minimum absolute atomic E-state index is 0.0717. The van der Waals surface area contributed by atoms with Crippen LogP contribution >= 0.6 is 15.6 Å². The van der Waals surface area contributed by atoms with Gasteiger partial charge in [-0.3, -0.25) is 37.3 Å². The van der Waals surface area contributed by atoms with Gasteiger partial charge in [0.15, 0.2) is 12.2 Å². The standard InChI is InChI=1S/C85H144O17P2/c1-5-9-13-17-21-25-29-33-35-37-39-41-43-47-50-54-58-62-66-70-83(88)96-76-81(102-85(90)72-68-64-60-56-52-48-44-42-40-38-36-34-30-26-22-18-14-10-6-2)78-100-104(93,94)98-74-79(86)73-97-103(91,92)99-77-80(101-84(89)71-67-63-59-55-51-46-32-28-24-20-16-12-8-4)75-95-82(87)69-65-61-57-53-49-45-31-27-23-19-15-11-7-3/h9-10,13-15,19,21-22,25-28,31-36,39-42,79-81,86H,5-8,11-12,16-18,20,23-24,29-30,37-38,43-78H2,1-4H3,(H,91,92)(H,93,94)/b13-9-,14-10-,19-15-,25-21-,26-22-,31-27-,32-28-,35-33-,36-34-,41-39-,42-40-. The van der Waals surface area contributed by atoms with Gasteiger partial charge in [0, 0.05) is 25.7 Å². The maximum absolute atomic E-state index is 13.1. The topological polar surface area (TPSA) is 237 Å². The van der Waals surface area contributed by atoms with Crippen molar-refractivity contribution in [3.05, 3.63) is 134 Å². The van der Waals surface area contributed by atoms with Gasteiger partial charge in [-0.2, -0.15) is 0 Å². The lowest BCUT2D eigenvalue weighted by molar-refractivity contribution is -0.161. The van der Waals surface area contributed by atoms with Gasteiger partial charge in [-0.25, -0.2) is 9.13 Å². The van der Waals surface area contributed by atoms with Crippen molar-refractivity contribution in [2.45, 2.75) is 341 Å². The van der Waals surface area contributed by atoms with Gasteiger partial charge >= 0.3 is 39.5 Å². The van der Waals surface area contributed by atoms with Gasteiger partial charge in [-0.15, -0.1) is 0 Å². The first-order valence-corrected chi connectivity index (χ1v) is 43.4. The lowest BCUT2D eigenvalue weighted by Crippen LogP contribution is -2.30. The van der Waals surface area contributed by atoms with E-state index < -0.39 is 97.5 Å². The molecular weight excluding hydrogens is 1350 g/mol. The van der Waals surface area contributed by atoms with Crippen LogP contribution in [0.1, 0.15) is 323 Å². The number of rotatable bonds is 75. The first-order chi connectivity index (χ1) is 50.7. The van der Waals surface area contributed by atoms with E-state index in [1.165, 1.54) is 25.7 Å². The largest absolute Gasteiger partial charge is 0.472 e. The van der Waals surface area contributed by atoms with Crippen molar-refractivity contribution in [3.63, 3.8) is 0 Å². The molecule has 0 spiro atoms. The van der Waals surface area contributed by atoms with E-state index >= 15 is 0 Å². The highest BCUT2D eigenvalue weighted by atomic mass is 31.2. The average molecular weight is 1500 g/mol. The third kappa shape index (κ3) is 75.4. The lowest BCUT2D eigenvalue weighted by atomic mass is 10.1. The first kappa shape index (κ1) is 99.2. The second kappa shape index (κ2) is 76.4. The fraction of sp³-hybridized carbons (Fsp3) is 0.694. The molecule has 0 heterocycles. The van der Waals surface area contributed by atoms with Crippen molar-refractivity contribution in [3.8, 4) is 0 Å². The Morgan fingerprint density at radius 2 is 0.519 bits per heavy atom. The summed E-state index contributed by atoms with van der Waals surface area (Å²) in [4.78, 5) is 73.0. The number of ether oxygens (including phenoxy) is 4. The molecule has 0 aliphatic heterocycles. The first-order valence-electron chi connectivity index (χ1n) is 40.4. The van der Waals surface area contributed by atoms with Crippen LogP contribution in [0.2, 0.25) is 0 Å². The molecule has 0 aromatic rings. The SMILES string of the molecule is CC/C=C\C/C=C\C/C=C\C/C=C\CCCCCCCCC(=O)OCC(COP(=O)(O)OCC(O)COP(=O)(O)OCC(COC(=O)CCCCCCC/C=C\C/C=C\CCC)OC(=O)CCCCCCC/C=C\CCCCCC)OC(=O)CCCCCCCC/C=C\C/C=C\C/C=C\C/C=C\CC. The average Bonchev–Trinajstić information content (AvgIpc) is 0.906. The summed E-state index contributed by atoms with van der Waals surface area (Å²) in [5, 5.41) is 10.6. The highest BCUT2D eigenvalue weighted by Crippen LogP contribution is 2.45. The number of phosphoric ester groups is 2. The number of phosphoric acid groups is 2. The van der Waals surface area contributed by atoms with E-state index in [1.54, 1.807) is 0 Å². The van der Waals surface area contributed by atoms with Gasteiger partial charge in [-0.1, -0.05) is 277 Å². The molecular formula is C85H144O17P2. The molecule has 0 saturated carbocycles. The summed E-state index contributed by atoms with van der Waals surface area (Å²) < 4.78 is 68.6. The molecule has 0 rings (SSSR count). The zero-order chi connectivity index (χ0) is 76.0. The van der Waals surface area contributed by atoms with Crippen molar-refractivity contribution in [1.82, 2.24) is 0 Å². The van der Waals surface area contributed by atoms with E-state index in [4.69, 9.17) is 37.0 Å². The van der Waals surface area contributed by atoms with Gasteiger partial charge in [0.05, 0.1) is 26.4 Å². The summed E-state index contributed by atoms with van der Waals surface area (Å²) in [5.41, 5.74) is 0. The molecule has 19 heteroatoms. The molecule has 0 aliphatic rings. The summed E-state index contributed by atoms with van der Waals surface area (Å²) in [6.45, 7) is 4.53. The van der Waals surface area contributed by atoms with E-state index in [0.717, 1.165) is 218 Å². The molecule has 0 fully saturated rings. The molecule has 596 valence electrons. The number of carbonyl (C=O) groups excluding carboxylic acids is 4. The van der Waals surface area contributed by atoms with Crippen molar-refractivity contribution >= 4 is 39.5 Å². The molecule has 5 atom stereocenters. The zero-order valence-corrected chi connectivity index (χ0v) is 66.9. The van der Waals surface area contributed by atoms with E-state index in [9.17, 15) is 43.2 Å². The van der Waals surface area contributed by atoms with Crippen molar-refractivity contribution in [2.24, 2.45) is 0 Å². The third-order valence-electron chi connectivity index (χ3n) is 16.6. The number of aliphatic hydroxyl groups excluding tert-OH is 1. The Kier molecular flexibility index (Phi) is 72.9. The summed E-state index contributed by atoms with van der Waals surface area (Å²) in [6.07, 6.45) is 85.6. The molecule has 5 unspecified atom stereocenters. The molecule has 17 nitrogen and oxygen atoms in total. The maximum Gasteiger partial charge on any atom is 0.472 e. The Bertz CT molecular complexity index is 2490. The van der Waals surface area contributed by atoms with Gasteiger partial charge in [0.2, 0.25) is 0 Å². The predicted octanol–water partition coefficient (Wildman–Crippen LogP) is 23.7. The van der Waals surface area contributed by atoms with Crippen LogP contribution in [-0.2, 0) is 65.4 Å². The molecule has 3 N–H and O–H groups in total. The second-order valence-corrected chi connectivity index (χ2v) is 29.5. The maximum atomic E-state index is 13.1. The number of carbonyl (C=O) groups is 4. The van der Waals surface area contributed by atoms with E-state index in [1.807, 2.05) is 0 Å². The van der Waals surface area contributed by atoms with E-state index in [0.29, 0.717) is 25.7 Å². The van der Waals surface area contributed by atoms with Crippen LogP contribution in [0, 0.1) is 0 Å². The number of hydrogen-bond donors (Lipinski definition) is 3. The molecule has 0 bridgehead atoms. The van der Waals surface area contributed by atoms with Crippen LogP contribution < -0.4 is 0 Å². The fourth-order valence-corrected chi connectivity index (χ4v) is 12.0. The summed E-state index contributed by atoms with van der Waals surface area (Å²) in [5.74, 6) is -2.23. The Balaban J connectivity index is 5.39. The molecule has 0 aromatic heterocycles. The quantitative estimate of drug-likeness (QED) is 0.0169. The van der Waals surface area contributed by atoms with E-state index in [-0.39, 0.29) is 25.7 Å². The Labute approximate surface area is 631 Å². The van der Waals surface area contributed by atoms with Gasteiger partial charge in [-0.05, 0) is 154 Å². The minimum Gasteiger partial charge on any atom is -0.462 e. The van der Waals surface area contributed by atoms with Gasteiger partial charge in [0.1, 0.15) is 19.3 Å². The van der Waals surface area contributed by atoms with E-state index in [2.05, 4.69) is 161 Å². The Hall–Kier alpha value is -4.80. The van der Waals surface area contributed by atoms with Crippen molar-refractivity contribution in [2.75, 3.05) is 39.6 Å². The van der Waals surface area contributed by atoms with Crippen LogP contribution in [0.3, 0.4) is 0 Å². The molecule has 0 saturated heterocycles. The fourth-order valence-electron chi connectivity index (χ4n) is 10.5. The molecule has 0 amide bonds. The van der Waals surface area contributed by atoms with Crippen LogP contribution in [-0.4, -0.2) is 96.7 Å². The zero-order valence-electron chi connectivity index (χ0n) is 65.2. The summed E-state index contributed by atoms with van der Waals surface area (Å²) >= 11 is 0. The lowest BCUT2D eigenvalue weighted by Gasteiger charge is -2.21. The predicted molar refractivity (Wildman–Crippen MR) is 427 cm³/mol. The highest BCUT2D eigenvalue weighted by Gasteiger charge is 2.30. The number of aliphatic hydroxyl groups is 1. The number of unbranched alkanes of at least 4 members (excludes halogenated alkanes) is 27. The molecule has 0 aromatic carbocycles. The van der Waals surface area contributed by atoms with Crippen molar-refractivity contribution < 1.29 is 80.2 Å². The molecule has 0 aliphatic carbocycles. The number of hydrogen-bond acceptors (Lipinski definition) is 15. The molecule has 0 radical (unpaired) electrons.